The summed E-state index contributed by atoms with van der Waals surface area (Å²) in [5.74, 6) is -0.581. The van der Waals surface area contributed by atoms with Crippen LogP contribution in [0.1, 0.15) is 0 Å². The third kappa shape index (κ3) is 2.70. The van der Waals surface area contributed by atoms with E-state index in [1.54, 1.807) is 30.3 Å². The van der Waals surface area contributed by atoms with Gasteiger partial charge in [0.25, 0.3) is 0 Å². The van der Waals surface area contributed by atoms with Crippen molar-refractivity contribution in [2.45, 2.75) is 0 Å². The summed E-state index contributed by atoms with van der Waals surface area (Å²) < 4.78 is 5.07. The first kappa shape index (κ1) is 14.9. The van der Waals surface area contributed by atoms with Gasteiger partial charge in [0.2, 0.25) is 0 Å². The van der Waals surface area contributed by atoms with Crippen LogP contribution in [0.2, 0.25) is 0 Å². The summed E-state index contributed by atoms with van der Waals surface area (Å²) >= 11 is 0. The molecule has 0 fully saturated rings. The van der Waals surface area contributed by atoms with Gasteiger partial charge >= 0.3 is 5.63 Å². The fraction of sp³-hybridized carbons (Fsp3) is 0. The van der Waals surface area contributed by atoms with Crippen LogP contribution in [0.15, 0.2) is 80.1 Å². The van der Waals surface area contributed by atoms with Crippen LogP contribution in [0.25, 0.3) is 21.7 Å². The molecule has 0 atom stereocenters. The monoisotopic (exact) mass is 332 g/mol. The summed E-state index contributed by atoms with van der Waals surface area (Å²) in [5.41, 5.74) is 0.749. The van der Waals surface area contributed by atoms with E-state index in [1.165, 1.54) is 12.1 Å². The lowest BCUT2D eigenvalue weighted by atomic mass is 10.1. The minimum atomic E-state index is -0.418. The van der Waals surface area contributed by atoms with E-state index in [0.29, 0.717) is 22.0 Å². The maximum absolute atomic E-state index is 11.2. The molecule has 3 aromatic carbocycles. The SMILES string of the molecule is O=c1ccc2cc(N=Nc3c(O)c(O)cc4ccccc34)ccc2o1. The molecule has 0 amide bonds. The molecule has 0 bridgehead atoms. The van der Waals surface area contributed by atoms with Gasteiger partial charge in [0.1, 0.15) is 11.3 Å². The minimum absolute atomic E-state index is 0.190. The Morgan fingerprint density at radius 2 is 1.68 bits per heavy atom. The van der Waals surface area contributed by atoms with Gasteiger partial charge in [0, 0.05) is 16.8 Å². The Morgan fingerprint density at radius 3 is 2.56 bits per heavy atom. The van der Waals surface area contributed by atoms with Gasteiger partial charge in [0.15, 0.2) is 11.5 Å². The van der Waals surface area contributed by atoms with Gasteiger partial charge in [0.05, 0.1) is 5.69 Å². The maximum atomic E-state index is 11.2. The lowest BCUT2D eigenvalue weighted by Crippen LogP contribution is -1.93. The molecule has 6 nitrogen and oxygen atoms in total. The summed E-state index contributed by atoms with van der Waals surface area (Å²) in [6.45, 7) is 0. The number of hydrogen-bond acceptors (Lipinski definition) is 6. The molecule has 4 aromatic rings. The number of benzene rings is 3. The second-order valence-electron chi connectivity index (χ2n) is 5.49. The Hall–Kier alpha value is -3.67. The number of rotatable bonds is 2. The van der Waals surface area contributed by atoms with E-state index in [0.717, 1.165) is 5.39 Å². The van der Waals surface area contributed by atoms with E-state index in [1.807, 2.05) is 18.2 Å². The van der Waals surface area contributed by atoms with Gasteiger partial charge in [-0.1, -0.05) is 24.3 Å². The Bertz CT molecular complexity index is 1200. The van der Waals surface area contributed by atoms with Crippen LogP contribution >= 0.6 is 0 Å². The molecule has 1 aromatic heterocycles. The Morgan fingerprint density at radius 1 is 0.840 bits per heavy atom. The predicted molar refractivity (Wildman–Crippen MR) is 93.9 cm³/mol. The zero-order valence-corrected chi connectivity index (χ0v) is 12.9. The number of fused-ring (bicyclic) bond motifs is 2. The minimum Gasteiger partial charge on any atom is -0.504 e. The van der Waals surface area contributed by atoms with Crippen LogP contribution in [0.5, 0.6) is 11.5 Å². The van der Waals surface area contributed by atoms with Crippen molar-refractivity contribution in [3.05, 3.63) is 71.1 Å². The van der Waals surface area contributed by atoms with Crippen LogP contribution in [0.3, 0.4) is 0 Å². The summed E-state index contributed by atoms with van der Waals surface area (Å²) in [6.07, 6.45) is 0. The van der Waals surface area contributed by atoms with Gasteiger partial charge in [-0.25, -0.2) is 4.79 Å². The molecule has 1 heterocycles. The molecule has 0 saturated heterocycles. The van der Waals surface area contributed by atoms with Gasteiger partial charge in [-0.05, 0) is 35.7 Å². The highest BCUT2D eigenvalue weighted by Crippen LogP contribution is 2.42. The van der Waals surface area contributed by atoms with Crippen molar-refractivity contribution in [1.82, 2.24) is 0 Å². The largest absolute Gasteiger partial charge is 0.504 e. The van der Waals surface area contributed by atoms with Gasteiger partial charge in [-0.15, -0.1) is 5.11 Å². The number of azo groups is 1. The summed E-state index contributed by atoms with van der Waals surface area (Å²) in [7, 11) is 0. The standard InChI is InChI=1S/C19H12N2O4/c22-15-10-11-3-1-2-4-14(11)18(19(15)24)21-20-13-6-7-16-12(9-13)5-8-17(23)25-16/h1-10,22,24H. The first-order valence-corrected chi connectivity index (χ1v) is 7.51. The molecule has 25 heavy (non-hydrogen) atoms. The second-order valence-corrected chi connectivity index (χ2v) is 5.49. The van der Waals surface area contributed by atoms with E-state index < -0.39 is 5.63 Å². The Labute approximate surface area is 141 Å². The first-order valence-electron chi connectivity index (χ1n) is 7.51. The van der Waals surface area contributed by atoms with E-state index in [4.69, 9.17) is 4.42 Å². The Balaban J connectivity index is 1.82. The average Bonchev–Trinajstić information content (AvgIpc) is 2.62. The van der Waals surface area contributed by atoms with Gasteiger partial charge in [-0.3, -0.25) is 0 Å². The van der Waals surface area contributed by atoms with E-state index in [2.05, 4.69) is 10.2 Å². The predicted octanol–water partition coefficient (Wildman–Crippen LogP) is 4.77. The van der Waals surface area contributed by atoms with Crippen LogP contribution in [-0.4, -0.2) is 10.2 Å². The van der Waals surface area contributed by atoms with E-state index >= 15 is 0 Å². The molecule has 122 valence electrons. The highest BCUT2D eigenvalue weighted by atomic mass is 16.4. The smallest absolute Gasteiger partial charge is 0.336 e. The normalized spacial score (nSPS) is 11.5. The fourth-order valence-corrected chi connectivity index (χ4v) is 2.63. The first-order chi connectivity index (χ1) is 12.1. The van der Waals surface area contributed by atoms with Crippen LogP contribution < -0.4 is 5.63 Å². The van der Waals surface area contributed by atoms with Crippen molar-refractivity contribution in [3.8, 4) is 11.5 Å². The van der Waals surface area contributed by atoms with Crippen molar-refractivity contribution in [3.63, 3.8) is 0 Å². The number of phenols is 2. The van der Waals surface area contributed by atoms with Crippen LogP contribution in [0.4, 0.5) is 11.4 Å². The van der Waals surface area contributed by atoms with E-state index in [9.17, 15) is 15.0 Å². The zero-order valence-electron chi connectivity index (χ0n) is 12.9. The number of phenolic OH excluding ortho intramolecular Hbond substituents is 2. The molecule has 4 rings (SSSR count). The number of aromatic hydroxyl groups is 2. The molecule has 0 aliphatic carbocycles. The van der Waals surface area contributed by atoms with Gasteiger partial charge in [-0.2, -0.15) is 5.11 Å². The summed E-state index contributed by atoms with van der Waals surface area (Å²) in [5, 5.41) is 30.4. The zero-order chi connectivity index (χ0) is 17.4. The van der Waals surface area contributed by atoms with Crippen molar-refractivity contribution >= 4 is 33.1 Å². The van der Waals surface area contributed by atoms with Crippen molar-refractivity contribution in [1.29, 1.82) is 0 Å². The van der Waals surface area contributed by atoms with Crippen LogP contribution in [0, 0.1) is 0 Å². The molecule has 0 aliphatic rings. The van der Waals surface area contributed by atoms with Crippen molar-refractivity contribution < 1.29 is 14.6 Å². The summed E-state index contributed by atoms with van der Waals surface area (Å²) in [4.78, 5) is 11.2. The Kier molecular flexibility index (Phi) is 3.43. The lowest BCUT2D eigenvalue weighted by molar-refractivity contribution is 0.406. The molecular weight excluding hydrogens is 320 g/mol. The highest BCUT2D eigenvalue weighted by Gasteiger charge is 2.11. The molecule has 0 radical (unpaired) electrons. The number of hydrogen-bond donors (Lipinski definition) is 2. The fourth-order valence-electron chi connectivity index (χ4n) is 2.63. The highest BCUT2D eigenvalue weighted by molar-refractivity contribution is 5.97. The lowest BCUT2D eigenvalue weighted by Gasteiger charge is -2.06. The van der Waals surface area contributed by atoms with Crippen molar-refractivity contribution in [2.75, 3.05) is 0 Å². The van der Waals surface area contributed by atoms with E-state index in [-0.39, 0.29) is 17.2 Å². The van der Waals surface area contributed by atoms with Crippen LogP contribution in [-0.2, 0) is 0 Å². The van der Waals surface area contributed by atoms with Crippen molar-refractivity contribution in [2.24, 2.45) is 10.2 Å². The molecule has 2 N–H and O–H groups in total. The molecule has 0 saturated carbocycles. The quantitative estimate of drug-likeness (QED) is 0.314. The molecular formula is C19H12N2O4. The maximum Gasteiger partial charge on any atom is 0.336 e. The summed E-state index contributed by atoms with van der Waals surface area (Å²) in [6, 6.07) is 16.7. The average molecular weight is 332 g/mol. The number of nitrogens with zero attached hydrogens (tertiary/aromatic N) is 2. The molecule has 0 unspecified atom stereocenters. The molecule has 6 heteroatoms. The second kappa shape index (κ2) is 5.76. The topological polar surface area (TPSA) is 95.4 Å². The third-order valence-corrected chi connectivity index (χ3v) is 3.84. The van der Waals surface area contributed by atoms with Gasteiger partial charge < -0.3 is 14.6 Å². The molecule has 0 aliphatic heterocycles. The third-order valence-electron chi connectivity index (χ3n) is 3.84. The molecule has 0 spiro atoms.